The van der Waals surface area contributed by atoms with Gasteiger partial charge in [0.25, 0.3) is 0 Å². The first kappa shape index (κ1) is 16.3. The van der Waals surface area contributed by atoms with Crippen molar-refractivity contribution in [3.63, 3.8) is 0 Å². The van der Waals surface area contributed by atoms with Crippen molar-refractivity contribution < 1.29 is 4.39 Å². The zero-order chi connectivity index (χ0) is 15.4. The van der Waals surface area contributed by atoms with Crippen molar-refractivity contribution in [1.29, 1.82) is 0 Å². The first-order chi connectivity index (χ1) is 10.0. The standard InChI is InChI=1S/C16H20ClFN2S/c1-3-11(19)9-13-14(18)5-4-6-15(13)20(2)10-12-7-8-16(17)21-12/h4-8,11H,3,9-10,19H2,1-2H3. The number of halogens is 2. The molecule has 114 valence electrons. The average molecular weight is 327 g/mol. The van der Waals surface area contributed by atoms with E-state index >= 15 is 0 Å². The lowest BCUT2D eigenvalue weighted by atomic mass is 10.0. The summed E-state index contributed by atoms with van der Waals surface area (Å²) in [6, 6.07) is 9.04. The second kappa shape index (κ2) is 7.25. The smallest absolute Gasteiger partial charge is 0.128 e. The quantitative estimate of drug-likeness (QED) is 0.849. The van der Waals surface area contributed by atoms with Crippen molar-refractivity contribution in [3.05, 3.63) is 50.9 Å². The minimum absolute atomic E-state index is 0.0229. The molecular formula is C16H20ClFN2S. The molecule has 2 nitrogen and oxygen atoms in total. The first-order valence-electron chi connectivity index (χ1n) is 6.99. The Morgan fingerprint density at radius 3 is 2.71 bits per heavy atom. The van der Waals surface area contributed by atoms with E-state index in [1.807, 2.05) is 37.1 Å². The molecule has 0 aliphatic carbocycles. The summed E-state index contributed by atoms with van der Waals surface area (Å²) in [6.45, 7) is 2.72. The highest BCUT2D eigenvalue weighted by Crippen LogP contribution is 2.28. The maximum absolute atomic E-state index is 14.1. The highest BCUT2D eigenvalue weighted by atomic mass is 35.5. The Labute approximate surface area is 134 Å². The lowest BCUT2D eigenvalue weighted by Gasteiger charge is -2.23. The van der Waals surface area contributed by atoms with Crippen LogP contribution in [0.25, 0.3) is 0 Å². The van der Waals surface area contributed by atoms with Crippen molar-refractivity contribution in [2.75, 3.05) is 11.9 Å². The lowest BCUT2D eigenvalue weighted by Crippen LogP contribution is -2.25. The van der Waals surface area contributed by atoms with E-state index in [4.69, 9.17) is 17.3 Å². The monoisotopic (exact) mass is 326 g/mol. The van der Waals surface area contributed by atoms with Crippen molar-refractivity contribution in [2.45, 2.75) is 32.4 Å². The fraction of sp³-hybridized carbons (Fsp3) is 0.375. The fourth-order valence-corrected chi connectivity index (χ4v) is 3.41. The molecule has 0 fully saturated rings. The Morgan fingerprint density at radius 1 is 1.33 bits per heavy atom. The number of hydrogen-bond acceptors (Lipinski definition) is 3. The molecule has 0 spiro atoms. The van der Waals surface area contributed by atoms with Gasteiger partial charge in [0.15, 0.2) is 0 Å². The zero-order valence-corrected chi connectivity index (χ0v) is 13.8. The largest absolute Gasteiger partial charge is 0.369 e. The molecule has 0 saturated heterocycles. The molecule has 1 heterocycles. The van der Waals surface area contributed by atoms with Crippen LogP contribution in [0.1, 0.15) is 23.8 Å². The maximum Gasteiger partial charge on any atom is 0.128 e. The van der Waals surface area contributed by atoms with Gasteiger partial charge in [-0.25, -0.2) is 4.39 Å². The summed E-state index contributed by atoms with van der Waals surface area (Å²) < 4.78 is 14.9. The predicted octanol–water partition coefficient (Wildman–Crippen LogP) is 4.46. The van der Waals surface area contributed by atoms with Gasteiger partial charge in [0.05, 0.1) is 10.9 Å². The topological polar surface area (TPSA) is 29.3 Å². The average Bonchev–Trinajstić information content (AvgIpc) is 2.86. The second-order valence-electron chi connectivity index (χ2n) is 5.17. The SMILES string of the molecule is CCC(N)Cc1c(F)cccc1N(C)Cc1ccc(Cl)s1. The highest BCUT2D eigenvalue weighted by molar-refractivity contribution is 7.16. The predicted molar refractivity (Wildman–Crippen MR) is 89.8 cm³/mol. The molecule has 2 aromatic rings. The molecule has 2 rings (SSSR count). The van der Waals surface area contributed by atoms with Crippen LogP contribution < -0.4 is 10.6 Å². The van der Waals surface area contributed by atoms with Crippen molar-refractivity contribution in [2.24, 2.45) is 5.73 Å². The van der Waals surface area contributed by atoms with Crippen LogP contribution in [-0.2, 0) is 13.0 Å². The third-order valence-electron chi connectivity index (χ3n) is 3.52. The van der Waals surface area contributed by atoms with Crippen LogP contribution >= 0.6 is 22.9 Å². The number of nitrogens with zero attached hydrogens (tertiary/aromatic N) is 1. The van der Waals surface area contributed by atoms with E-state index in [1.165, 1.54) is 6.07 Å². The molecule has 0 amide bonds. The summed E-state index contributed by atoms with van der Waals surface area (Å²) in [5.41, 5.74) is 7.58. The van der Waals surface area contributed by atoms with Crippen LogP contribution in [0.3, 0.4) is 0 Å². The number of thiophene rings is 1. The Hall–Kier alpha value is -1.10. The summed E-state index contributed by atoms with van der Waals surface area (Å²) in [5, 5.41) is 0. The van der Waals surface area contributed by atoms with E-state index in [-0.39, 0.29) is 11.9 Å². The van der Waals surface area contributed by atoms with Crippen molar-refractivity contribution >= 4 is 28.6 Å². The van der Waals surface area contributed by atoms with E-state index in [0.717, 1.165) is 21.3 Å². The molecule has 2 N–H and O–H groups in total. The Kier molecular flexibility index (Phi) is 5.62. The number of nitrogens with two attached hydrogens (primary N) is 1. The van der Waals surface area contributed by atoms with Crippen molar-refractivity contribution in [3.8, 4) is 0 Å². The van der Waals surface area contributed by atoms with Crippen LogP contribution in [0.2, 0.25) is 4.34 Å². The van der Waals surface area contributed by atoms with Gasteiger partial charge < -0.3 is 10.6 Å². The molecular weight excluding hydrogens is 307 g/mol. The lowest BCUT2D eigenvalue weighted by molar-refractivity contribution is 0.578. The number of anilines is 1. The van der Waals surface area contributed by atoms with Gasteiger partial charge in [0.2, 0.25) is 0 Å². The molecule has 1 unspecified atom stereocenters. The molecule has 0 saturated carbocycles. The third kappa shape index (κ3) is 4.19. The highest BCUT2D eigenvalue weighted by Gasteiger charge is 2.15. The van der Waals surface area contributed by atoms with Gasteiger partial charge >= 0.3 is 0 Å². The van der Waals surface area contributed by atoms with E-state index in [1.54, 1.807) is 17.4 Å². The van der Waals surface area contributed by atoms with Crippen LogP contribution in [0, 0.1) is 5.82 Å². The van der Waals surface area contributed by atoms with E-state index in [2.05, 4.69) is 0 Å². The van der Waals surface area contributed by atoms with Crippen LogP contribution in [0.5, 0.6) is 0 Å². The molecule has 1 aromatic carbocycles. The molecule has 0 radical (unpaired) electrons. The Morgan fingerprint density at radius 2 is 2.10 bits per heavy atom. The number of rotatable bonds is 6. The van der Waals surface area contributed by atoms with Crippen LogP contribution in [-0.4, -0.2) is 13.1 Å². The van der Waals surface area contributed by atoms with Gasteiger partial charge in [-0.1, -0.05) is 24.6 Å². The van der Waals surface area contributed by atoms with Crippen molar-refractivity contribution in [1.82, 2.24) is 0 Å². The van der Waals surface area contributed by atoms with E-state index < -0.39 is 0 Å². The maximum atomic E-state index is 14.1. The number of benzene rings is 1. The summed E-state index contributed by atoms with van der Waals surface area (Å²) >= 11 is 7.50. The molecule has 1 atom stereocenters. The molecule has 21 heavy (non-hydrogen) atoms. The van der Waals surface area contributed by atoms with Gasteiger partial charge in [-0.2, -0.15) is 0 Å². The minimum Gasteiger partial charge on any atom is -0.369 e. The summed E-state index contributed by atoms with van der Waals surface area (Å²) in [5.74, 6) is -0.188. The zero-order valence-electron chi connectivity index (χ0n) is 12.3. The first-order valence-corrected chi connectivity index (χ1v) is 8.19. The molecule has 1 aromatic heterocycles. The molecule has 0 aliphatic heterocycles. The van der Waals surface area contributed by atoms with Gasteiger partial charge in [0.1, 0.15) is 5.82 Å². The minimum atomic E-state index is -0.188. The molecule has 0 aliphatic rings. The molecule has 0 bridgehead atoms. The van der Waals surface area contributed by atoms with Gasteiger partial charge in [-0.3, -0.25) is 0 Å². The van der Waals surface area contributed by atoms with Gasteiger partial charge in [0, 0.05) is 29.2 Å². The summed E-state index contributed by atoms with van der Waals surface area (Å²) in [7, 11) is 1.96. The van der Waals surface area contributed by atoms with Gasteiger partial charge in [-0.05, 0) is 37.1 Å². The third-order valence-corrected chi connectivity index (χ3v) is 4.73. The Balaban J connectivity index is 2.23. The van der Waals surface area contributed by atoms with Crippen LogP contribution in [0.4, 0.5) is 10.1 Å². The van der Waals surface area contributed by atoms with E-state index in [0.29, 0.717) is 18.5 Å². The second-order valence-corrected chi connectivity index (χ2v) is 6.97. The van der Waals surface area contributed by atoms with Crippen LogP contribution in [0.15, 0.2) is 30.3 Å². The normalized spacial score (nSPS) is 12.4. The summed E-state index contributed by atoms with van der Waals surface area (Å²) in [6.07, 6.45) is 1.38. The molecule has 5 heteroatoms. The Bertz CT molecular complexity index is 600. The fourth-order valence-electron chi connectivity index (χ4n) is 2.27. The summed E-state index contributed by atoms with van der Waals surface area (Å²) in [4.78, 5) is 3.20. The van der Waals surface area contributed by atoms with E-state index in [9.17, 15) is 4.39 Å². The number of hydrogen-bond donors (Lipinski definition) is 1. The van der Waals surface area contributed by atoms with Gasteiger partial charge in [-0.15, -0.1) is 11.3 Å².